The molecule has 2 unspecified atom stereocenters. The van der Waals surface area contributed by atoms with Crippen molar-refractivity contribution in [3.05, 3.63) is 72.8 Å². The fourth-order valence-electron chi connectivity index (χ4n) is 2.64. The van der Waals surface area contributed by atoms with Gasteiger partial charge in [-0.25, -0.2) is 9.67 Å². The Morgan fingerprint density at radius 1 is 1.00 bits per heavy atom. The highest BCUT2D eigenvalue weighted by atomic mass is 16.3. The number of aliphatic hydroxyl groups is 1. The molecule has 0 fully saturated rings. The van der Waals surface area contributed by atoms with E-state index in [0.29, 0.717) is 6.42 Å². The SMILES string of the molecule is CCC(O)C(c1ccc(-c2ccccc2)cc1)n1cncn1. The van der Waals surface area contributed by atoms with Gasteiger partial charge in [0.1, 0.15) is 18.7 Å². The van der Waals surface area contributed by atoms with Crippen molar-refractivity contribution in [2.75, 3.05) is 0 Å². The molecular weight excluding hydrogens is 274 g/mol. The van der Waals surface area contributed by atoms with Crippen LogP contribution in [0.15, 0.2) is 67.3 Å². The summed E-state index contributed by atoms with van der Waals surface area (Å²) in [6.45, 7) is 1.97. The molecular formula is C18H19N3O. The number of benzene rings is 2. The highest BCUT2D eigenvalue weighted by Crippen LogP contribution is 2.26. The second-order valence-corrected chi connectivity index (χ2v) is 5.28. The molecule has 0 saturated heterocycles. The van der Waals surface area contributed by atoms with Crippen molar-refractivity contribution in [2.45, 2.75) is 25.5 Å². The topological polar surface area (TPSA) is 50.9 Å². The Morgan fingerprint density at radius 2 is 1.68 bits per heavy atom. The maximum atomic E-state index is 10.3. The molecule has 3 rings (SSSR count). The van der Waals surface area contributed by atoms with Gasteiger partial charge in [0.2, 0.25) is 0 Å². The lowest BCUT2D eigenvalue weighted by Crippen LogP contribution is -2.25. The fraction of sp³-hybridized carbons (Fsp3) is 0.222. The van der Waals surface area contributed by atoms with Crippen LogP contribution >= 0.6 is 0 Å². The van der Waals surface area contributed by atoms with Gasteiger partial charge < -0.3 is 5.11 Å². The first kappa shape index (κ1) is 14.5. The molecule has 0 bridgehead atoms. The van der Waals surface area contributed by atoms with Gasteiger partial charge in [-0.3, -0.25) is 0 Å². The first-order chi connectivity index (χ1) is 10.8. The van der Waals surface area contributed by atoms with Gasteiger partial charge in [0.25, 0.3) is 0 Å². The predicted octanol–water partition coefficient (Wildman–Crippen LogP) is 3.31. The summed E-state index contributed by atoms with van der Waals surface area (Å²) in [4.78, 5) is 3.99. The third kappa shape index (κ3) is 2.92. The first-order valence-corrected chi connectivity index (χ1v) is 7.47. The Kier molecular flexibility index (Phi) is 4.30. The van der Waals surface area contributed by atoms with Crippen molar-refractivity contribution in [2.24, 2.45) is 0 Å². The lowest BCUT2D eigenvalue weighted by atomic mass is 9.97. The normalized spacial score (nSPS) is 13.7. The number of aromatic nitrogens is 3. The Labute approximate surface area is 130 Å². The van der Waals surface area contributed by atoms with Crippen LogP contribution in [0, 0.1) is 0 Å². The number of nitrogens with zero attached hydrogens (tertiary/aromatic N) is 3. The standard InChI is InChI=1S/C18H19N3O/c1-2-17(22)18(21-13-19-12-20-21)16-10-8-15(9-11-16)14-6-4-3-5-7-14/h3-13,17-18,22H,2H2,1H3. The third-order valence-corrected chi connectivity index (χ3v) is 3.86. The van der Waals surface area contributed by atoms with Gasteiger partial charge in [-0.2, -0.15) is 5.10 Å². The third-order valence-electron chi connectivity index (χ3n) is 3.86. The molecule has 4 heteroatoms. The molecule has 1 aromatic heterocycles. The van der Waals surface area contributed by atoms with Gasteiger partial charge in [-0.05, 0) is 23.1 Å². The molecule has 0 amide bonds. The van der Waals surface area contributed by atoms with Crippen molar-refractivity contribution in [1.29, 1.82) is 0 Å². The molecule has 2 aromatic carbocycles. The van der Waals surface area contributed by atoms with Crippen LogP contribution in [0.4, 0.5) is 0 Å². The molecule has 112 valence electrons. The van der Waals surface area contributed by atoms with Crippen LogP contribution < -0.4 is 0 Å². The molecule has 0 spiro atoms. The van der Waals surface area contributed by atoms with Crippen LogP contribution in [0.1, 0.15) is 24.9 Å². The van der Waals surface area contributed by atoms with Crippen molar-refractivity contribution in [3.8, 4) is 11.1 Å². The molecule has 0 saturated carbocycles. The van der Waals surface area contributed by atoms with Crippen molar-refractivity contribution in [1.82, 2.24) is 14.8 Å². The van der Waals surface area contributed by atoms with E-state index in [0.717, 1.165) is 11.1 Å². The van der Waals surface area contributed by atoms with E-state index in [-0.39, 0.29) is 6.04 Å². The first-order valence-electron chi connectivity index (χ1n) is 7.47. The number of hydrogen-bond acceptors (Lipinski definition) is 3. The van der Waals surface area contributed by atoms with E-state index < -0.39 is 6.10 Å². The van der Waals surface area contributed by atoms with Crippen LogP contribution in [-0.2, 0) is 0 Å². The van der Waals surface area contributed by atoms with E-state index >= 15 is 0 Å². The zero-order chi connectivity index (χ0) is 15.4. The Hall–Kier alpha value is -2.46. The molecule has 4 nitrogen and oxygen atoms in total. The number of rotatable bonds is 5. The summed E-state index contributed by atoms with van der Waals surface area (Å²) in [5.74, 6) is 0. The minimum atomic E-state index is -0.496. The minimum absolute atomic E-state index is 0.211. The second kappa shape index (κ2) is 6.54. The monoisotopic (exact) mass is 293 g/mol. The lowest BCUT2D eigenvalue weighted by Gasteiger charge is -2.22. The summed E-state index contributed by atoms with van der Waals surface area (Å²) < 4.78 is 1.71. The largest absolute Gasteiger partial charge is 0.391 e. The van der Waals surface area contributed by atoms with E-state index in [9.17, 15) is 5.11 Å². The summed E-state index contributed by atoms with van der Waals surface area (Å²) in [6.07, 6.45) is 3.30. The molecule has 22 heavy (non-hydrogen) atoms. The highest BCUT2D eigenvalue weighted by molar-refractivity contribution is 5.63. The molecule has 0 aliphatic heterocycles. The molecule has 0 aliphatic carbocycles. The molecule has 3 aromatic rings. The molecule has 0 radical (unpaired) electrons. The van der Waals surface area contributed by atoms with Gasteiger partial charge in [-0.15, -0.1) is 0 Å². The van der Waals surface area contributed by atoms with Crippen LogP contribution in [-0.4, -0.2) is 26.0 Å². The smallest absolute Gasteiger partial charge is 0.137 e. The van der Waals surface area contributed by atoms with Crippen LogP contribution in [0.2, 0.25) is 0 Å². The number of aliphatic hydroxyl groups excluding tert-OH is 1. The molecule has 1 N–H and O–H groups in total. The quantitative estimate of drug-likeness (QED) is 0.785. The zero-order valence-electron chi connectivity index (χ0n) is 12.5. The van der Waals surface area contributed by atoms with Gasteiger partial charge in [0.15, 0.2) is 0 Å². The molecule has 1 heterocycles. The maximum absolute atomic E-state index is 10.3. The summed E-state index contributed by atoms with van der Waals surface area (Å²) in [7, 11) is 0. The van der Waals surface area contributed by atoms with Gasteiger partial charge in [-0.1, -0.05) is 61.5 Å². The van der Waals surface area contributed by atoms with E-state index in [1.54, 1.807) is 11.0 Å². The van der Waals surface area contributed by atoms with Gasteiger partial charge >= 0.3 is 0 Å². The maximum Gasteiger partial charge on any atom is 0.137 e. The Morgan fingerprint density at radius 3 is 2.27 bits per heavy atom. The van der Waals surface area contributed by atoms with Gasteiger partial charge in [0.05, 0.1) is 6.10 Å². The van der Waals surface area contributed by atoms with Crippen molar-refractivity contribution < 1.29 is 5.11 Å². The van der Waals surface area contributed by atoms with E-state index in [4.69, 9.17) is 0 Å². The molecule has 0 aliphatic rings. The molecule has 2 atom stereocenters. The van der Waals surface area contributed by atoms with Crippen LogP contribution in [0.5, 0.6) is 0 Å². The van der Waals surface area contributed by atoms with Gasteiger partial charge in [0, 0.05) is 0 Å². The second-order valence-electron chi connectivity index (χ2n) is 5.28. The van der Waals surface area contributed by atoms with Crippen LogP contribution in [0.25, 0.3) is 11.1 Å². The highest BCUT2D eigenvalue weighted by Gasteiger charge is 2.22. The Balaban J connectivity index is 1.93. The van der Waals surface area contributed by atoms with E-state index in [1.807, 2.05) is 37.3 Å². The Bertz CT molecular complexity index is 693. The number of hydrogen-bond donors (Lipinski definition) is 1. The average Bonchev–Trinajstić information content (AvgIpc) is 3.10. The fourth-order valence-corrected chi connectivity index (χ4v) is 2.64. The summed E-state index contributed by atoms with van der Waals surface area (Å²) in [5.41, 5.74) is 3.37. The van der Waals surface area contributed by atoms with E-state index in [2.05, 4.69) is 34.3 Å². The summed E-state index contributed by atoms with van der Waals surface area (Å²) in [6, 6.07) is 18.3. The van der Waals surface area contributed by atoms with Crippen molar-refractivity contribution in [3.63, 3.8) is 0 Å². The average molecular weight is 293 g/mol. The summed E-state index contributed by atoms with van der Waals surface area (Å²) >= 11 is 0. The zero-order valence-corrected chi connectivity index (χ0v) is 12.5. The lowest BCUT2D eigenvalue weighted by molar-refractivity contribution is 0.120. The van der Waals surface area contributed by atoms with E-state index in [1.165, 1.54) is 11.9 Å². The van der Waals surface area contributed by atoms with Crippen LogP contribution in [0.3, 0.4) is 0 Å². The predicted molar refractivity (Wildman–Crippen MR) is 86.3 cm³/mol. The minimum Gasteiger partial charge on any atom is -0.391 e. The summed E-state index contributed by atoms with van der Waals surface area (Å²) in [5, 5.41) is 14.5. The van der Waals surface area contributed by atoms with Crippen molar-refractivity contribution >= 4 is 0 Å².